The van der Waals surface area contributed by atoms with E-state index in [0.717, 1.165) is 49.4 Å². The van der Waals surface area contributed by atoms with Gasteiger partial charge in [-0.1, -0.05) is 24.3 Å². The van der Waals surface area contributed by atoms with E-state index in [1.807, 2.05) is 47.0 Å². The molecule has 0 aromatic heterocycles. The van der Waals surface area contributed by atoms with E-state index in [9.17, 15) is 0 Å². The zero-order chi connectivity index (χ0) is 22.5. The minimum absolute atomic E-state index is 0.755. The Morgan fingerprint density at radius 3 is 1.06 bits per heavy atom. The van der Waals surface area contributed by atoms with Gasteiger partial charge in [0.1, 0.15) is 0 Å². The summed E-state index contributed by atoms with van der Waals surface area (Å²) in [6.07, 6.45) is 2.47. The molecular formula is C22H38O4S4Si2. The molecule has 4 aliphatic heterocycles. The van der Waals surface area contributed by atoms with E-state index in [1.165, 1.54) is 46.2 Å². The maximum absolute atomic E-state index is 6.50. The van der Waals surface area contributed by atoms with E-state index in [4.69, 9.17) is 17.7 Å². The Hall–Kier alpha value is 0.894. The van der Waals surface area contributed by atoms with E-state index in [0.29, 0.717) is 0 Å². The molecule has 4 bridgehead atoms. The molecule has 0 fully saturated rings. The van der Waals surface area contributed by atoms with E-state index in [-0.39, 0.29) is 0 Å². The minimum Gasteiger partial charge on any atom is -0.390 e. The van der Waals surface area contributed by atoms with Crippen LogP contribution in [-0.4, -0.2) is 89.6 Å². The second-order valence-electron chi connectivity index (χ2n) is 8.02. The van der Waals surface area contributed by atoms with Gasteiger partial charge in [-0.3, -0.25) is 0 Å². The molecule has 32 heavy (non-hydrogen) atoms. The average molecular weight is 551 g/mol. The van der Waals surface area contributed by atoms with Gasteiger partial charge in [0.25, 0.3) is 0 Å². The van der Waals surface area contributed by atoms with Crippen LogP contribution in [0.15, 0.2) is 24.3 Å². The number of benzene rings is 1. The number of hydrogen-bond donors (Lipinski definition) is 0. The van der Waals surface area contributed by atoms with Crippen molar-refractivity contribution in [3.63, 3.8) is 0 Å². The zero-order valence-electron chi connectivity index (χ0n) is 19.5. The van der Waals surface area contributed by atoms with Crippen LogP contribution in [-0.2, 0) is 17.7 Å². The lowest BCUT2D eigenvalue weighted by atomic mass is 10.4. The Kier molecular flexibility index (Phi) is 13.0. The topological polar surface area (TPSA) is 36.9 Å². The first kappa shape index (κ1) is 27.5. The normalized spacial score (nSPS) is 30.8. The van der Waals surface area contributed by atoms with Crippen LogP contribution in [0.4, 0.5) is 0 Å². The first-order valence-electron chi connectivity index (χ1n) is 11.6. The second-order valence-corrected chi connectivity index (χ2v) is 19.0. The predicted octanol–water partition coefficient (Wildman–Crippen LogP) is 4.05. The molecular weight excluding hydrogens is 513 g/mol. The first-order chi connectivity index (χ1) is 15.6. The van der Waals surface area contributed by atoms with Crippen LogP contribution in [0, 0.1) is 0 Å². The van der Waals surface area contributed by atoms with Gasteiger partial charge in [-0.15, -0.1) is 0 Å². The molecule has 0 atom stereocenters. The minimum atomic E-state index is -2.46. The third-order valence-corrected chi connectivity index (χ3v) is 15.4. The highest BCUT2D eigenvalue weighted by Crippen LogP contribution is 2.17. The first-order valence-corrected chi connectivity index (χ1v) is 20.9. The predicted molar refractivity (Wildman–Crippen MR) is 151 cm³/mol. The molecule has 4 aliphatic rings. The van der Waals surface area contributed by atoms with Crippen molar-refractivity contribution in [3.05, 3.63) is 24.3 Å². The number of rotatable bonds is 0. The van der Waals surface area contributed by atoms with Crippen LogP contribution in [0.2, 0.25) is 13.1 Å². The molecule has 1 aromatic rings. The average Bonchev–Trinajstić information content (AvgIpc) is 2.80. The molecule has 5 rings (SSSR count). The maximum atomic E-state index is 6.50. The standard InChI is InChI=1S/C22H38O4S4Si2/c1-31-21-5-7-22(8-6-21)32(2,25-11-19-29-15-3-13-27-17-9-23-31)26-12-20-30-16-4-14-28-18-10-24-31/h5-8H,3-4,9-20H2,1-2H3. The molecule has 0 N–H and O–H groups in total. The van der Waals surface area contributed by atoms with Crippen LogP contribution in [0.5, 0.6) is 0 Å². The molecule has 0 radical (unpaired) electrons. The van der Waals surface area contributed by atoms with E-state index < -0.39 is 17.1 Å². The van der Waals surface area contributed by atoms with Crippen molar-refractivity contribution in [2.24, 2.45) is 0 Å². The van der Waals surface area contributed by atoms with Gasteiger partial charge in [-0.25, -0.2) is 0 Å². The van der Waals surface area contributed by atoms with E-state index in [1.54, 1.807) is 0 Å². The lowest BCUT2D eigenvalue weighted by molar-refractivity contribution is 0.204. The molecule has 182 valence electrons. The Morgan fingerprint density at radius 2 is 0.781 bits per heavy atom. The fourth-order valence-corrected chi connectivity index (χ4v) is 11.9. The van der Waals surface area contributed by atoms with Crippen molar-refractivity contribution in [2.45, 2.75) is 25.9 Å². The van der Waals surface area contributed by atoms with E-state index >= 15 is 0 Å². The molecule has 0 saturated heterocycles. The molecule has 4 nitrogen and oxygen atoms in total. The van der Waals surface area contributed by atoms with Gasteiger partial charge in [-0.2, -0.15) is 47.0 Å². The van der Waals surface area contributed by atoms with Gasteiger partial charge in [-0.05, 0) is 59.3 Å². The summed E-state index contributed by atoms with van der Waals surface area (Å²) in [6, 6.07) is 8.83. The van der Waals surface area contributed by atoms with Crippen LogP contribution >= 0.6 is 47.0 Å². The summed E-state index contributed by atoms with van der Waals surface area (Å²) < 4.78 is 26.0. The van der Waals surface area contributed by atoms with Crippen molar-refractivity contribution in [1.82, 2.24) is 0 Å². The smallest absolute Gasteiger partial charge is 0.369 e. The van der Waals surface area contributed by atoms with Crippen molar-refractivity contribution < 1.29 is 17.7 Å². The number of thioether (sulfide) groups is 4. The van der Waals surface area contributed by atoms with Crippen molar-refractivity contribution >= 4 is 74.5 Å². The molecule has 0 aliphatic carbocycles. The monoisotopic (exact) mass is 550 g/mol. The fourth-order valence-electron chi connectivity index (χ4n) is 3.61. The zero-order valence-corrected chi connectivity index (χ0v) is 24.7. The second kappa shape index (κ2) is 15.1. The Balaban J connectivity index is 1.83. The molecule has 1 aromatic carbocycles. The van der Waals surface area contributed by atoms with Crippen LogP contribution in [0.1, 0.15) is 12.8 Å². The summed E-state index contributed by atoms with van der Waals surface area (Å²) >= 11 is 7.97. The maximum Gasteiger partial charge on any atom is 0.369 e. The van der Waals surface area contributed by atoms with Gasteiger partial charge in [0.2, 0.25) is 0 Å². The molecule has 0 saturated carbocycles. The van der Waals surface area contributed by atoms with Crippen molar-refractivity contribution in [1.29, 1.82) is 0 Å². The van der Waals surface area contributed by atoms with Gasteiger partial charge >= 0.3 is 17.1 Å². The van der Waals surface area contributed by atoms with Crippen molar-refractivity contribution in [2.75, 3.05) is 72.5 Å². The van der Waals surface area contributed by atoms with E-state index in [2.05, 4.69) is 37.4 Å². The van der Waals surface area contributed by atoms with Crippen LogP contribution < -0.4 is 10.4 Å². The number of hydrogen-bond acceptors (Lipinski definition) is 8. The van der Waals surface area contributed by atoms with Gasteiger partial charge < -0.3 is 17.7 Å². The summed E-state index contributed by atoms with van der Waals surface area (Å²) in [4.78, 5) is 0. The molecule has 10 heteroatoms. The van der Waals surface area contributed by atoms with Gasteiger partial charge in [0, 0.05) is 49.4 Å². The highest BCUT2D eigenvalue weighted by atomic mass is 32.2. The Labute approximate surface area is 213 Å². The van der Waals surface area contributed by atoms with Gasteiger partial charge in [0.05, 0.1) is 0 Å². The third-order valence-electron chi connectivity index (χ3n) is 5.51. The quantitative estimate of drug-likeness (QED) is 0.448. The Morgan fingerprint density at radius 1 is 0.500 bits per heavy atom. The van der Waals surface area contributed by atoms with Gasteiger partial charge in [0.15, 0.2) is 0 Å². The lowest BCUT2D eigenvalue weighted by Crippen LogP contribution is -2.55. The Bertz CT molecular complexity index is 574. The molecule has 0 amide bonds. The van der Waals surface area contributed by atoms with Crippen LogP contribution in [0.3, 0.4) is 0 Å². The SMILES string of the molecule is C[Si]12OCCSCCCSCCO[Si](C)(OCCSCCCSCCO1)c1ccc2cc1. The largest absolute Gasteiger partial charge is 0.390 e. The third kappa shape index (κ3) is 9.16. The lowest BCUT2D eigenvalue weighted by Gasteiger charge is -2.30. The molecule has 0 spiro atoms. The summed E-state index contributed by atoms with van der Waals surface area (Å²) in [5, 5.41) is 2.40. The van der Waals surface area contributed by atoms with Crippen molar-refractivity contribution in [3.8, 4) is 0 Å². The summed E-state index contributed by atoms with van der Waals surface area (Å²) in [5.41, 5.74) is 0. The highest BCUT2D eigenvalue weighted by molar-refractivity contribution is 8.00. The summed E-state index contributed by atoms with van der Waals surface area (Å²) in [6.45, 7) is 7.43. The summed E-state index contributed by atoms with van der Waals surface area (Å²) in [5.74, 6) is 8.88. The summed E-state index contributed by atoms with van der Waals surface area (Å²) in [7, 11) is -4.92. The highest BCUT2D eigenvalue weighted by Gasteiger charge is 2.37. The molecule has 0 unspecified atom stereocenters. The number of fused-ring (bicyclic) bond motifs is 20. The van der Waals surface area contributed by atoms with Crippen LogP contribution in [0.25, 0.3) is 0 Å². The fraction of sp³-hybridized carbons (Fsp3) is 0.727. The molecule has 4 heterocycles.